The van der Waals surface area contributed by atoms with E-state index in [-0.39, 0.29) is 5.91 Å². The molecule has 0 saturated carbocycles. The molecular weight excluding hydrogens is 468 g/mol. The van der Waals surface area contributed by atoms with Crippen LogP contribution in [0.4, 0.5) is 5.69 Å². The summed E-state index contributed by atoms with van der Waals surface area (Å²) in [5.74, 6) is -0.0287. The molecule has 2 aromatic carbocycles. The molecule has 1 aromatic heterocycles. The van der Waals surface area contributed by atoms with E-state index in [2.05, 4.69) is 10.3 Å². The highest BCUT2D eigenvalue weighted by molar-refractivity contribution is 8.18. The fraction of sp³-hybridized carbons (Fsp3) is 0.154. The van der Waals surface area contributed by atoms with Crippen molar-refractivity contribution in [1.82, 2.24) is 5.32 Å². The van der Waals surface area contributed by atoms with Crippen LogP contribution in [0.2, 0.25) is 0 Å². The number of ether oxygens (including phenoxy) is 2. The number of carbonyl (C=O) groups excluding carboxylic acids is 3. The summed E-state index contributed by atoms with van der Waals surface area (Å²) in [6.45, 7) is 2.28. The summed E-state index contributed by atoms with van der Waals surface area (Å²) in [5.41, 5.74) is 2.15. The van der Waals surface area contributed by atoms with E-state index in [4.69, 9.17) is 13.9 Å². The number of thioether (sulfide) groups is 1. The van der Waals surface area contributed by atoms with Crippen molar-refractivity contribution >= 4 is 46.5 Å². The Morgan fingerprint density at radius 2 is 1.86 bits per heavy atom. The van der Waals surface area contributed by atoms with Gasteiger partial charge in [0.2, 0.25) is 0 Å². The molecule has 0 atom stereocenters. The number of amidine groups is 1. The molecule has 0 unspecified atom stereocenters. The SMILES string of the molecule is CCCOC(=O)c1cccc(N=C2NC(=O)C(=Cc3ccc(-c4ccc(C(=O)OC)cc4)o3)S2)c1. The number of rotatable bonds is 7. The van der Waals surface area contributed by atoms with Crippen LogP contribution in [0, 0.1) is 0 Å². The van der Waals surface area contributed by atoms with E-state index in [0.29, 0.717) is 45.0 Å². The Hall–Kier alpha value is -4.11. The molecule has 1 N–H and O–H groups in total. The minimum absolute atomic E-state index is 0.298. The first-order valence-electron chi connectivity index (χ1n) is 10.8. The van der Waals surface area contributed by atoms with E-state index in [0.717, 1.165) is 12.0 Å². The highest BCUT2D eigenvalue weighted by Gasteiger charge is 2.24. The van der Waals surface area contributed by atoms with Crippen LogP contribution in [0.3, 0.4) is 0 Å². The third-order valence-electron chi connectivity index (χ3n) is 4.89. The third-order valence-corrected chi connectivity index (χ3v) is 5.80. The molecule has 8 nitrogen and oxygen atoms in total. The average molecular weight is 491 g/mol. The zero-order valence-electron chi connectivity index (χ0n) is 19.1. The van der Waals surface area contributed by atoms with Gasteiger partial charge in [0.25, 0.3) is 5.91 Å². The summed E-state index contributed by atoms with van der Waals surface area (Å²) in [7, 11) is 1.33. The van der Waals surface area contributed by atoms with E-state index >= 15 is 0 Å². The van der Waals surface area contributed by atoms with Gasteiger partial charge in [0.15, 0.2) is 5.17 Å². The molecule has 3 aromatic rings. The zero-order valence-corrected chi connectivity index (χ0v) is 19.9. The number of amides is 1. The van der Waals surface area contributed by atoms with Crippen LogP contribution in [0.5, 0.6) is 0 Å². The van der Waals surface area contributed by atoms with Crippen molar-refractivity contribution in [2.45, 2.75) is 13.3 Å². The fourth-order valence-corrected chi connectivity index (χ4v) is 4.00. The van der Waals surface area contributed by atoms with Crippen molar-refractivity contribution in [1.29, 1.82) is 0 Å². The molecule has 178 valence electrons. The molecule has 1 fully saturated rings. The lowest BCUT2D eigenvalue weighted by Crippen LogP contribution is -2.19. The second-order valence-corrected chi connectivity index (χ2v) is 8.47. The van der Waals surface area contributed by atoms with E-state index in [1.807, 2.05) is 6.92 Å². The first-order valence-corrected chi connectivity index (χ1v) is 11.6. The topological polar surface area (TPSA) is 107 Å². The largest absolute Gasteiger partial charge is 0.465 e. The van der Waals surface area contributed by atoms with Crippen LogP contribution in [0.1, 0.15) is 39.8 Å². The number of aliphatic imine (C=N–C) groups is 1. The summed E-state index contributed by atoms with van der Waals surface area (Å²) < 4.78 is 15.7. The van der Waals surface area contributed by atoms with Gasteiger partial charge in [0.05, 0.1) is 35.4 Å². The van der Waals surface area contributed by atoms with Crippen molar-refractivity contribution in [3.63, 3.8) is 0 Å². The van der Waals surface area contributed by atoms with Gasteiger partial charge in [0, 0.05) is 11.6 Å². The van der Waals surface area contributed by atoms with Gasteiger partial charge in [-0.3, -0.25) is 4.79 Å². The van der Waals surface area contributed by atoms with Crippen LogP contribution in [-0.4, -0.2) is 36.7 Å². The van der Waals surface area contributed by atoms with Gasteiger partial charge < -0.3 is 19.2 Å². The maximum Gasteiger partial charge on any atom is 0.338 e. The molecule has 1 amide bonds. The van der Waals surface area contributed by atoms with Gasteiger partial charge in [-0.05, 0) is 60.6 Å². The standard InChI is InChI=1S/C26H22N2O6S/c1-3-13-33-25(31)18-5-4-6-19(14-18)27-26-28-23(29)22(35-26)15-20-11-12-21(34-20)16-7-9-17(10-8-16)24(30)32-2/h4-12,14-15H,3,13H2,1-2H3,(H,27,28,29). The Labute approximate surface area is 206 Å². The molecule has 0 spiro atoms. The Morgan fingerprint density at radius 3 is 2.60 bits per heavy atom. The lowest BCUT2D eigenvalue weighted by Gasteiger charge is -2.03. The number of benzene rings is 2. The maximum absolute atomic E-state index is 12.4. The van der Waals surface area contributed by atoms with E-state index in [1.165, 1.54) is 18.9 Å². The van der Waals surface area contributed by atoms with Crippen LogP contribution in [0.15, 0.2) is 75.0 Å². The number of nitrogens with one attached hydrogen (secondary N) is 1. The van der Waals surface area contributed by atoms with Gasteiger partial charge >= 0.3 is 11.9 Å². The Kier molecular flexibility index (Phi) is 7.47. The van der Waals surface area contributed by atoms with Crippen molar-refractivity contribution in [2.75, 3.05) is 13.7 Å². The van der Waals surface area contributed by atoms with E-state index in [9.17, 15) is 14.4 Å². The van der Waals surface area contributed by atoms with Crippen molar-refractivity contribution in [3.8, 4) is 11.3 Å². The lowest BCUT2D eigenvalue weighted by atomic mass is 10.1. The van der Waals surface area contributed by atoms with Gasteiger partial charge in [-0.25, -0.2) is 14.6 Å². The number of carbonyl (C=O) groups is 3. The predicted molar refractivity (Wildman–Crippen MR) is 133 cm³/mol. The quantitative estimate of drug-likeness (QED) is 0.359. The number of hydrogen-bond acceptors (Lipinski definition) is 8. The molecule has 2 heterocycles. The highest BCUT2D eigenvalue weighted by Crippen LogP contribution is 2.30. The Balaban J connectivity index is 1.47. The van der Waals surface area contributed by atoms with Crippen LogP contribution in [-0.2, 0) is 14.3 Å². The summed E-state index contributed by atoms with van der Waals surface area (Å²) in [6, 6.07) is 17.1. The number of nitrogens with zero attached hydrogens (tertiary/aromatic N) is 1. The smallest absolute Gasteiger partial charge is 0.338 e. The van der Waals surface area contributed by atoms with Crippen LogP contribution < -0.4 is 5.32 Å². The first kappa shape index (κ1) is 24.0. The van der Waals surface area contributed by atoms with E-state index < -0.39 is 11.9 Å². The molecule has 4 rings (SSSR count). The minimum Gasteiger partial charge on any atom is -0.465 e. The molecule has 0 aliphatic carbocycles. The van der Waals surface area contributed by atoms with Crippen molar-refractivity contribution in [2.24, 2.45) is 4.99 Å². The molecule has 1 aliphatic heterocycles. The Bertz CT molecular complexity index is 1320. The molecule has 9 heteroatoms. The van der Waals surface area contributed by atoms with Gasteiger partial charge in [-0.15, -0.1) is 0 Å². The predicted octanol–water partition coefficient (Wildman–Crippen LogP) is 5.19. The van der Waals surface area contributed by atoms with Gasteiger partial charge in [0.1, 0.15) is 11.5 Å². The number of methoxy groups -OCH3 is 1. The molecule has 0 radical (unpaired) electrons. The molecular formula is C26H22N2O6S. The van der Waals surface area contributed by atoms with Crippen molar-refractivity contribution in [3.05, 3.63) is 82.5 Å². The Morgan fingerprint density at radius 1 is 1.06 bits per heavy atom. The average Bonchev–Trinajstić information content (AvgIpc) is 3.48. The maximum atomic E-state index is 12.4. The fourth-order valence-electron chi connectivity index (χ4n) is 3.18. The number of esters is 2. The highest BCUT2D eigenvalue weighted by atomic mass is 32.2. The van der Waals surface area contributed by atoms with Crippen molar-refractivity contribution < 1.29 is 28.3 Å². The molecule has 1 saturated heterocycles. The number of furan rings is 1. The van der Waals surface area contributed by atoms with Gasteiger partial charge in [-0.1, -0.05) is 25.1 Å². The summed E-state index contributed by atoms with van der Waals surface area (Å²) in [6.07, 6.45) is 2.37. The van der Waals surface area contributed by atoms with Crippen LogP contribution in [0.25, 0.3) is 17.4 Å². The molecule has 0 bridgehead atoms. The summed E-state index contributed by atoms with van der Waals surface area (Å²) >= 11 is 1.17. The second kappa shape index (κ2) is 10.9. The summed E-state index contributed by atoms with van der Waals surface area (Å²) in [5, 5.41) is 3.11. The van der Waals surface area contributed by atoms with Gasteiger partial charge in [-0.2, -0.15) is 0 Å². The molecule has 35 heavy (non-hydrogen) atoms. The second-order valence-electron chi connectivity index (χ2n) is 7.44. The third kappa shape index (κ3) is 5.88. The molecule has 1 aliphatic rings. The normalized spacial score (nSPS) is 15.3. The number of hydrogen-bond donors (Lipinski definition) is 1. The minimum atomic E-state index is -0.411. The van der Waals surface area contributed by atoms with E-state index in [1.54, 1.807) is 66.7 Å². The lowest BCUT2D eigenvalue weighted by molar-refractivity contribution is -0.115. The summed E-state index contributed by atoms with van der Waals surface area (Å²) in [4.78, 5) is 41.0. The van der Waals surface area contributed by atoms with Crippen LogP contribution >= 0.6 is 11.8 Å². The first-order chi connectivity index (χ1) is 17.0. The zero-order chi connectivity index (χ0) is 24.8. The monoisotopic (exact) mass is 490 g/mol.